The molecule has 0 bridgehead atoms. The maximum Gasteiger partial charge on any atom is 0.293 e. The number of ether oxygens (including phenoxy) is 1. The smallest absolute Gasteiger partial charge is 0.293 e. The van der Waals surface area contributed by atoms with Gasteiger partial charge in [-0.1, -0.05) is 36.4 Å². The van der Waals surface area contributed by atoms with Gasteiger partial charge in [-0.05, 0) is 12.5 Å². The van der Waals surface area contributed by atoms with Crippen LogP contribution in [0, 0.1) is 6.92 Å². The first-order valence-electron chi connectivity index (χ1n) is 6.87. The zero-order chi connectivity index (χ0) is 14.4. The average Bonchev–Trinajstić information content (AvgIpc) is 2.46. The third-order valence-electron chi connectivity index (χ3n) is 3.36. The van der Waals surface area contributed by atoms with E-state index in [1.807, 2.05) is 31.2 Å². The summed E-state index contributed by atoms with van der Waals surface area (Å²) in [6.07, 6.45) is 0. The molecule has 1 amide bonds. The van der Waals surface area contributed by atoms with Gasteiger partial charge < -0.3 is 9.64 Å². The highest BCUT2D eigenvalue weighted by Crippen LogP contribution is 2.09. The normalized spacial score (nSPS) is 15.7. The molecule has 5 nitrogen and oxygen atoms in total. The van der Waals surface area contributed by atoms with E-state index in [1.165, 1.54) is 10.5 Å². The monoisotopic (exact) mass is 276 g/mol. The highest BCUT2D eigenvalue weighted by molar-refractivity contribution is 5.77. The average molecular weight is 276 g/mol. The molecule has 3 N–H and O–H groups in total. The van der Waals surface area contributed by atoms with E-state index in [9.17, 15) is 4.79 Å². The molecule has 0 aliphatic carbocycles. The summed E-state index contributed by atoms with van der Waals surface area (Å²) in [7, 11) is 0. The summed E-state index contributed by atoms with van der Waals surface area (Å²) in [4.78, 5) is 13.1. The van der Waals surface area contributed by atoms with Gasteiger partial charge in [0.25, 0.3) is 5.91 Å². The van der Waals surface area contributed by atoms with E-state index >= 15 is 0 Å². The number of nitrogens with one attached hydrogen (secondary N) is 3. The van der Waals surface area contributed by atoms with Gasteiger partial charge >= 0.3 is 0 Å². The van der Waals surface area contributed by atoms with Gasteiger partial charge in [-0.25, -0.2) is 0 Å². The Balaban J connectivity index is 1.75. The Kier molecular flexibility index (Phi) is 5.15. The predicted octanol–water partition coefficient (Wildman–Crippen LogP) is -0.498. The Morgan fingerprint density at radius 1 is 1.25 bits per heavy atom. The SMILES string of the molecule is C=C(NNC(=O)C[NH+]1CCOCC1)c1ccc(C)cc1. The molecule has 0 unspecified atom stereocenters. The summed E-state index contributed by atoms with van der Waals surface area (Å²) in [6, 6.07) is 7.98. The lowest BCUT2D eigenvalue weighted by atomic mass is 10.1. The molecule has 5 heteroatoms. The fraction of sp³-hybridized carbons (Fsp3) is 0.400. The second-order valence-electron chi connectivity index (χ2n) is 5.06. The number of hydrogen-bond acceptors (Lipinski definition) is 3. The Hall–Kier alpha value is -1.85. The lowest BCUT2D eigenvalue weighted by Crippen LogP contribution is -3.15. The molecule has 0 atom stereocenters. The Bertz CT molecular complexity index is 465. The van der Waals surface area contributed by atoms with E-state index in [0.29, 0.717) is 12.2 Å². The van der Waals surface area contributed by atoms with E-state index < -0.39 is 0 Å². The van der Waals surface area contributed by atoms with Gasteiger partial charge in [-0.2, -0.15) is 0 Å². The standard InChI is InChI=1S/C15H21N3O2/c1-12-3-5-14(6-4-12)13(2)16-17-15(19)11-18-7-9-20-10-8-18/h3-6,16H,2,7-11H2,1H3,(H,17,19)/p+1. The van der Waals surface area contributed by atoms with Crippen molar-refractivity contribution >= 4 is 11.6 Å². The van der Waals surface area contributed by atoms with Gasteiger partial charge in [0.2, 0.25) is 0 Å². The van der Waals surface area contributed by atoms with Crippen molar-refractivity contribution in [3.63, 3.8) is 0 Å². The number of carbonyl (C=O) groups excluding carboxylic acids is 1. The highest BCUT2D eigenvalue weighted by Gasteiger charge is 2.17. The van der Waals surface area contributed by atoms with Crippen LogP contribution >= 0.6 is 0 Å². The number of amides is 1. The molecular weight excluding hydrogens is 254 g/mol. The van der Waals surface area contributed by atoms with E-state index in [-0.39, 0.29) is 5.91 Å². The van der Waals surface area contributed by atoms with Gasteiger partial charge in [0.05, 0.1) is 18.9 Å². The molecule has 0 aromatic heterocycles. The van der Waals surface area contributed by atoms with Crippen molar-refractivity contribution in [2.24, 2.45) is 0 Å². The van der Waals surface area contributed by atoms with Crippen molar-refractivity contribution in [3.05, 3.63) is 42.0 Å². The summed E-state index contributed by atoms with van der Waals surface area (Å²) in [6.45, 7) is 9.63. The molecule has 1 heterocycles. The van der Waals surface area contributed by atoms with Crippen LogP contribution in [-0.2, 0) is 9.53 Å². The molecule has 1 aliphatic rings. The summed E-state index contributed by atoms with van der Waals surface area (Å²) in [5, 5.41) is 0. The van der Waals surface area contributed by atoms with Crippen molar-refractivity contribution in [2.45, 2.75) is 6.92 Å². The topological polar surface area (TPSA) is 54.8 Å². The van der Waals surface area contributed by atoms with Gasteiger partial charge in [-0.3, -0.25) is 15.6 Å². The third kappa shape index (κ3) is 4.36. The first-order chi connectivity index (χ1) is 9.65. The minimum absolute atomic E-state index is 0.0323. The van der Waals surface area contributed by atoms with Crippen LogP contribution in [0.4, 0.5) is 0 Å². The van der Waals surface area contributed by atoms with Gasteiger partial charge in [0.1, 0.15) is 13.1 Å². The van der Waals surface area contributed by atoms with E-state index in [4.69, 9.17) is 4.74 Å². The fourth-order valence-electron chi connectivity index (χ4n) is 2.08. The van der Waals surface area contributed by atoms with Gasteiger partial charge in [-0.15, -0.1) is 0 Å². The number of hydrazine groups is 1. The molecule has 1 aromatic carbocycles. The van der Waals surface area contributed by atoms with Crippen LogP contribution in [0.2, 0.25) is 0 Å². The number of benzene rings is 1. The Morgan fingerprint density at radius 3 is 2.55 bits per heavy atom. The second-order valence-corrected chi connectivity index (χ2v) is 5.06. The number of rotatable bonds is 5. The fourth-order valence-corrected chi connectivity index (χ4v) is 2.08. The quantitative estimate of drug-likeness (QED) is 0.636. The number of quaternary nitrogens is 1. The van der Waals surface area contributed by atoms with Crippen LogP contribution in [0.15, 0.2) is 30.8 Å². The lowest BCUT2D eigenvalue weighted by molar-refractivity contribution is -0.900. The molecule has 1 aromatic rings. The highest BCUT2D eigenvalue weighted by atomic mass is 16.5. The molecule has 0 saturated carbocycles. The number of carbonyl (C=O) groups is 1. The minimum atomic E-state index is -0.0323. The second kappa shape index (κ2) is 7.07. The number of hydrogen-bond donors (Lipinski definition) is 3. The third-order valence-corrected chi connectivity index (χ3v) is 3.36. The summed E-state index contributed by atoms with van der Waals surface area (Å²) >= 11 is 0. The summed E-state index contributed by atoms with van der Waals surface area (Å²) < 4.78 is 5.26. The summed E-state index contributed by atoms with van der Waals surface area (Å²) in [5.41, 5.74) is 8.42. The molecule has 20 heavy (non-hydrogen) atoms. The van der Waals surface area contributed by atoms with Crippen LogP contribution < -0.4 is 15.8 Å². The largest absolute Gasteiger partial charge is 0.370 e. The lowest BCUT2D eigenvalue weighted by Gasteiger charge is -2.23. The molecule has 1 aliphatic heterocycles. The number of morpholine rings is 1. The van der Waals surface area contributed by atoms with Crippen molar-refractivity contribution in [2.75, 3.05) is 32.8 Å². The molecule has 0 radical (unpaired) electrons. The van der Waals surface area contributed by atoms with Crippen LogP contribution in [0.1, 0.15) is 11.1 Å². The van der Waals surface area contributed by atoms with Crippen LogP contribution in [0.3, 0.4) is 0 Å². The first-order valence-corrected chi connectivity index (χ1v) is 6.87. The van der Waals surface area contributed by atoms with E-state index in [0.717, 1.165) is 31.9 Å². The molecule has 108 valence electrons. The predicted molar refractivity (Wildman–Crippen MR) is 77.9 cm³/mol. The van der Waals surface area contributed by atoms with Gasteiger partial charge in [0, 0.05) is 0 Å². The minimum Gasteiger partial charge on any atom is -0.370 e. The first kappa shape index (κ1) is 14.6. The van der Waals surface area contributed by atoms with E-state index in [1.54, 1.807) is 0 Å². The van der Waals surface area contributed by atoms with Crippen molar-refractivity contribution in [1.82, 2.24) is 10.9 Å². The van der Waals surface area contributed by atoms with Crippen LogP contribution in [0.5, 0.6) is 0 Å². The molecular formula is C15H22N3O2+. The zero-order valence-corrected chi connectivity index (χ0v) is 11.9. The van der Waals surface area contributed by atoms with Crippen molar-refractivity contribution < 1.29 is 14.4 Å². The summed E-state index contributed by atoms with van der Waals surface area (Å²) in [5.74, 6) is -0.0323. The van der Waals surface area contributed by atoms with Crippen LogP contribution in [-0.4, -0.2) is 38.8 Å². The Morgan fingerprint density at radius 2 is 1.90 bits per heavy atom. The molecule has 1 fully saturated rings. The maximum absolute atomic E-state index is 11.8. The van der Waals surface area contributed by atoms with Gasteiger partial charge in [0.15, 0.2) is 6.54 Å². The van der Waals surface area contributed by atoms with E-state index in [2.05, 4.69) is 17.4 Å². The molecule has 2 rings (SSSR count). The van der Waals surface area contributed by atoms with Crippen LogP contribution in [0.25, 0.3) is 5.70 Å². The zero-order valence-electron chi connectivity index (χ0n) is 11.9. The molecule has 0 spiro atoms. The number of aryl methyl sites for hydroxylation is 1. The maximum atomic E-state index is 11.8. The Labute approximate surface area is 119 Å². The van der Waals surface area contributed by atoms with Crippen molar-refractivity contribution in [1.29, 1.82) is 0 Å². The molecule has 1 saturated heterocycles. The van der Waals surface area contributed by atoms with Crippen molar-refractivity contribution in [3.8, 4) is 0 Å².